The molecule has 0 spiro atoms. The molecule has 0 bridgehead atoms. The van der Waals surface area contributed by atoms with Gasteiger partial charge in [0.15, 0.2) is 5.84 Å². The van der Waals surface area contributed by atoms with Crippen LogP contribution in [0, 0.1) is 0 Å². The molecule has 4 N–H and O–H groups in total. The minimum Gasteiger partial charge on any atom is -0.409 e. The summed E-state index contributed by atoms with van der Waals surface area (Å²) < 4.78 is 0.716. The maximum absolute atomic E-state index is 12.2. The number of oxime groups is 1. The van der Waals surface area contributed by atoms with Crippen molar-refractivity contribution in [1.82, 2.24) is 0 Å². The van der Waals surface area contributed by atoms with Gasteiger partial charge in [0.2, 0.25) is 0 Å². The Labute approximate surface area is 134 Å². The average Bonchev–Trinajstić information content (AvgIpc) is 2.50. The van der Waals surface area contributed by atoms with Gasteiger partial charge in [0.25, 0.3) is 5.91 Å². The van der Waals surface area contributed by atoms with Crippen LogP contribution < -0.4 is 11.1 Å². The van der Waals surface area contributed by atoms with Crippen molar-refractivity contribution in [3.8, 4) is 0 Å². The number of benzene rings is 2. The third-order valence-corrected chi connectivity index (χ3v) is 3.63. The van der Waals surface area contributed by atoms with Crippen molar-refractivity contribution in [2.24, 2.45) is 10.9 Å². The van der Waals surface area contributed by atoms with Gasteiger partial charge in [-0.05, 0) is 46.3 Å². The van der Waals surface area contributed by atoms with Gasteiger partial charge in [-0.25, -0.2) is 0 Å². The first-order valence-corrected chi connectivity index (χ1v) is 7.02. The number of nitrogens with zero attached hydrogens (tertiary/aromatic N) is 1. The smallest absolute Gasteiger partial charge is 0.255 e. The maximum atomic E-state index is 12.2. The Morgan fingerprint density at radius 1 is 1.24 bits per heavy atom. The summed E-state index contributed by atoms with van der Waals surface area (Å²) in [6.07, 6.45) is 0. The molecule has 0 unspecified atom stereocenters. The van der Waals surface area contributed by atoms with Gasteiger partial charge in [-0.3, -0.25) is 4.79 Å². The molecule has 0 atom stereocenters. The number of carbonyl (C=O) groups is 1. The summed E-state index contributed by atoms with van der Waals surface area (Å²) in [6.45, 7) is 0. The lowest BCUT2D eigenvalue weighted by molar-refractivity contribution is 0.102. The molecule has 21 heavy (non-hydrogen) atoms. The molecule has 108 valence electrons. The average molecular weight is 369 g/mol. The predicted molar refractivity (Wildman–Crippen MR) is 86.1 cm³/mol. The molecule has 0 aromatic heterocycles. The molecule has 2 aromatic rings. The van der Waals surface area contributed by atoms with Gasteiger partial charge in [0.05, 0.1) is 5.69 Å². The largest absolute Gasteiger partial charge is 0.409 e. The fourth-order valence-corrected chi connectivity index (χ4v) is 2.18. The van der Waals surface area contributed by atoms with E-state index in [-0.39, 0.29) is 11.7 Å². The normalized spacial score (nSPS) is 11.2. The number of nitrogens with two attached hydrogens (primary N) is 1. The van der Waals surface area contributed by atoms with Crippen LogP contribution in [0.15, 0.2) is 52.1 Å². The highest BCUT2D eigenvalue weighted by atomic mass is 79.9. The zero-order chi connectivity index (χ0) is 15.4. The quantitative estimate of drug-likeness (QED) is 0.335. The van der Waals surface area contributed by atoms with Crippen molar-refractivity contribution < 1.29 is 10.0 Å². The van der Waals surface area contributed by atoms with E-state index in [1.54, 1.807) is 36.4 Å². The molecule has 2 aromatic carbocycles. The van der Waals surface area contributed by atoms with Gasteiger partial charge in [0.1, 0.15) is 0 Å². The number of hydrogen-bond donors (Lipinski definition) is 3. The molecule has 0 fully saturated rings. The fraction of sp³-hybridized carbons (Fsp3) is 0. The highest BCUT2D eigenvalue weighted by Crippen LogP contribution is 2.26. The first-order chi connectivity index (χ1) is 10.0. The minimum atomic E-state index is -0.328. The molecule has 0 aliphatic carbocycles. The van der Waals surface area contributed by atoms with Crippen molar-refractivity contribution >= 4 is 45.0 Å². The van der Waals surface area contributed by atoms with E-state index in [2.05, 4.69) is 26.4 Å². The molecule has 0 heterocycles. The number of anilines is 1. The molecule has 0 aliphatic heterocycles. The van der Waals surface area contributed by atoms with E-state index in [4.69, 9.17) is 22.5 Å². The lowest BCUT2D eigenvalue weighted by Gasteiger charge is -2.09. The van der Waals surface area contributed by atoms with E-state index >= 15 is 0 Å². The molecule has 0 radical (unpaired) electrons. The van der Waals surface area contributed by atoms with Crippen LogP contribution >= 0.6 is 27.5 Å². The number of amides is 1. The lowest BCUT2D eigenvalue weighted by Crippen LogP contribution is -2.16. The Kier molecular flexibility index (Phi) is 4.82. The van der Waals surface area contributed by atoms with E-state index in [0.717, 1.165) is 0 Å². The van der Waals surface area contributed by atoms with Crippen LogP contribution in [0.1, 0.15) is 15.9 Å². The van der Waals surface area contributed by atoms with Gasteiger partial charge in [-0.1, -0.05) is 28.9 Å². The Hall–Kier alpha value is -2.05. The summed E-state index contributed by atoms with van der Waals surface area (Å²) in [6, 6.07) is 11.5. The van der Waals surface area contributed by atoms with Crippen LogP contribution in [0.5, 0.6) is 0 Å². The minimum absolute atomic E-state index is 0.0615. The molecule has 0 aliphatic rings. The summed E-state index contributed by atoms with van der Waals surface area (Å²) in [7, 11) is 0. The first kappa shape index (κ1) is 15.3. The van der Waals surface area contributed by atoms with Crippen LogP contribution in [0.25, 0.3) is 0 Å². The maximum Gasteiger partial charge on any atom is 0.255 e. The molecule has 0 saturated heterocycles. The number of nitrogens with one attached hydrogen (secondary N) is 1. The van der Waals surface area contributed by atoms with Crippen LogP contribution in [0.2, 0.25) is 5.02 Å². The number of carbonyl (C=O) groups excluding carboxylic acids is 1. The van der Waals surface area contributed by atoms with Crippen molar-refractivity contribution in [1.29, 1.82) is 0 Å². The van der Waals surface area contributed by atoms with Gasteiger partial charge in [-0.2, -0.15) is 0 Å². The van der Waals surface area contributed by atoms with Gasteiger partial charge < -0.3 is 16.3 Å². The van der Waals surface area contributed by atoms with Crippen molar-refractivity contribution in [2.75, 3.05) is 5.32 Å². The summed E-state index contributed by atoms with van der Waals surface area (Å²) in [5.41, 5.74) is 6.89. The molecule has 0 saturated carbocycles. The topological polar surface area (TPSA) is 87.7 Å². The van der Waals surface area contributed by atoms with Crippen molar-refractivity contribution in [3.63, 3.8) is 0 Å². The Bertz CT molecular complexity index is 719. The molecule has 1 amide bonds. The lowest BCUT2D eigenvalue weighted by atomic mass is 10.1. The summed E-state index contributed by atoms with van der Waals surface area (Å²) in [5.74, 6) is -0.390. The van der Waals surface area contributed by atoms with E-state index in [0.29, 0.717) is 26.3 Å². The second-order valence-corrected chi connectivity index (χ2v) is 5.44. The van der Waals surface area contributed by atoms with Crippen LogP contribution in [-0.4, -0.2) is 17.0 Å². The molecular weight excluding hydrogens is 358 g/mol. The van der Waals surface area contributed by atoms with Crippen molar-refractivity contribution in [2.45, 2.75) is 0 Å². The highest BCUT2D eigenvalue weighted by Gasteiger charge is 2.10. The fourth-order valence-electron chi connectivity index (χ4n) is 1.67. The van der Waals surface area contributed by atoms with Gasteiger partial charge in [-0.15, -0.1) is 0 Å². The summed E-state index contributed by atoms with van der Waals surface area (Å²) in [4.78, 5) is 12.2. The van der Waals surface area contributed by atoms with Crippen LogP contribution in [-0.2, 0) is 0 Å². The standard InChI is InChI=1S/C14H11BrClN3O2/c15-11-5-4-10(16)7-12(11)18-14(20)9-3-1-2-8(6-9)13(17)19-21/h1-7,21H,(H2,17,19)(H,18,20). The number of amidine groups is 1. The van der Waals surface area contributed by atoms with E-state index in [1.807, 2.05) is 0 Å². The summed E-state index contributed by atoms with van der Waals surface area (Å²) >= 11 is 9.23. The SMILES string of the molecule is N/C(=N/O)c1cccc(C(=O)Nc2cc(Cl)ccc2Br)c1. The number of halogens is 2. The highest BCUT2D eigenvalue weighted by molar-refractivity contribution is 9.10. The second kappa shape index (κ2) is 6.60. The van der Waals surface area contributed by atoms with E-state index in [1.165, 1.54) is 6.07 Å². The first-order valence-electron chi connectivity index (χ1n) is 5.85. The Balaban J connectivity index is 2.26. The molecule has 7 heteroatoms. The van der Waals surface area contributed by atoms with Crippen molar-refractivity contribution in [3.05, 3.63) is 63.1 Å². The number of hydrogen-bond acceptors (Lipinski definition) is 3. The Morgan fingerprint density at radius 3 is 2.67 bits per heavy atom. The van der Waals surface area contributed by atoms with Crippen LogP contribution in [0.4, 0.5) is 5.69 Å². The van der Waals surface area contributed by atoms with E-state index in [9.17, 15) is 4.79 Å². The third-order valence-electron chi connectivity index (χ3n) is 2.70. The molecule has 2 rings (SSSR count). The zero-order valence-corrected chi connectivity index (χ0v) is 13.0. The van der Waals surface area contributed by atoms with Gasteiger partial charge in [0, 0.05) is 20.6 Å². The summed E-state index contributed by atoms with van der Waals surface area (Å²) in [5, 5.41) is 14.8. The zero-order valence-electron chi connectivity index (χ0n) is 10.7. The third kappa shape index (κ3) is 3.74. The molecule has 5 nitrogen and oxygen atoms in total. The monoisotopic (exact) mass is 367 g/mol. The second-order valence-electron chi connectivity index (χ2n) is 4.14. The number of rotatable bonds is 3. The molecular formula is C14H11BrClN3O2. The Morgan fingerprint density at radius 2 is 1.95 bits per heavy atom. The van der Waals surface area contributed by atoms with E-state index < -0.39 is 0 Å². The van der Waals surface area contributed by atoms with Crippen LogP contribution in [0.3, 0.4) is 0 Å². The van der Waals surface area contributed by atoms with Gasteiger partial charge >= 0.3 is 0 Å². The predicted octanol–water partition coefficient (Wildman–Crippen LogP) is 3.45.